The van der Waals surface area contributed by atoms with Gasteiger partial charge in [0.15, 0.2) is 0 Å². The first kappa shape index (κ1) is 21.7. The molecule has 0 unspecified atom stereocenters. The van der Waals surface area contributed by atoms with Gasteiger partial charge in [0.2, 0.25) is 0 Å². The number of H-pyrrole nitrogens is 1. The van der Waals surface area contributed by atoms with Gasteiger partial charge in [-0.1, -0.05) is 12.1 Å². The minimum Gasteiger partial charge on any atom is -0.475 e. The maximum absolute atomic E-state index is 13.4. The fourth-order valence-electron chi connectivity index (χ4n) is 4.24. The second-order valence-electron chi connectivity index (χ2n) is 8.31. The third-order valence-corrected chi connectivity index (χ3v) is 6.04. The zero-order valence-corrected chi connectivity index (χ0v) is 17.8. The molecule has 1 amide bonds. The van der Waals surface area contributed by atoms with E-state index in [0.717, 1.165) is 5.56 Å². The third-order valence-electron chi connectivity index (χ3n) is 6.04. The van der Waals surface area contributed by atoms with Crippen LogP contribution in [0.2, 0.25) is 0 Å². The van der Waals surface area contributed by atoms with Crippen molar-refractivity contribution in [1.82, 2.24) is 14.8 Å². The van der Waals surface area contributed by atoms with Crippen LogP contribution in [0.4, 0.5) is 4.39 Å². The SMILES string of the molecule is C[C@@H]1CN(Cc2ccc(F)cc2)[C@@H](C)CN1C(=O)c1c[nH]c2ccc(C(=O)C(=O)O)cc12. The average Bonchev–Trinajstić information content (AvgIpc) is 3.19. The Labute approximate surface area is 184 Å². The maximum atomic E-state index is 13.4. The molecule has 3 aromatic rings. The second kappa shape index (κ2) is 8.55. The van der Waals surface area contributed by atoms with Crippen molar-refractivity contribution in [2.75, 3.05) is 13.1 Å². The first-order valence-electron chi connectivity index (χ1n) is 10.4. The number of carboxylic acids is 1. The molecular weight excluding hydrogens is 413 g/mol. The van der Waals surface area contributed by atoms with Crippen LogP contribution in [-0.2, 0) is 11.3 Å². The van der Waals surface area contributed by atoms with Crippen LogP contribution >= 0.6 is 0 Å². The molecule has 1 aliphatic heterocycles. The van der Waals surface area contributed by atoms with Crippen molar-refractivity contribution in [3.63, 3.8) is 0 Å². The lowest BCUT2D eigenvalue weighted by atomic mass is 10.0. The van der Waals surface area contributed by atoms with Gasteiger partial charge < -0.3 is 15.0 Å². The molecule has 32 heavy (non-hydrogen) atoms. The van der Waals surface area contributed by atoms with Crippen LogP contribution in [0.15, 0.2) is 48.7 Å². The minimum atomic E-state index is -1.53. The summed E-state index contributed by atoms with van der Waals surface area (Å²) in [6.07, 6.45) is 1.60. The van der Waals surface area contributed by atoms with Gasteiger partial charge in [0.1, 0.15) is 5.82 Å². The Kier molecular flexibility index (Phi) is 5.80. The summed E-state index contributed by atoms with van der Waals surface area (Å²) in [5.74, 6) is -2.98. The van der Waals surface area contributed by atoms with Crippen molar-refractivity contribution in [2.24, 2.45) is 0 Å². The summed E-state index contributed by atoms with van der Waals surface area (Å²) in [6, 6.07) is 11.0. The number of halogens is 1. The van der Waals surface area contributed by atoms with Gasteiger partial charge in [0, 0.05) is 54.4 Å². The summed E-state index contributed by atoms with van der Waals surface area (Å²) in [6.45, 7) is 5.88. The molecule has 0 saturated carbocycles. The lowest BCUT2D eigenvalue weighted by Crippen LogP contribution is -2.57. The van der Waals surface area contributed by atoms with Crippen LogP contribution in [0, 0.1) is 5.82 Å². The lowest BCUT2D eigenvalue weighted by molar-refractivity contribution is -0.131. The second-order valence-corrected chi connectivity index (χ2v) is 8.31. The van der Waals surface area contributed by atoms with Crippen molar-refractivity contribution in [2.45, 2.75) is 32.5 Å². The Morgan fingerprint density at radius 1 is 1.06 bits per heavy atom. The summed E-state index contributed by atoms with van der Waals surface area (Å²) < 4.78 is 13.2. The number of carbonyl (C=O) groups excluding carboxylic acids is 2. The number of hydrogen-bond acceptors (Lipinski definition) is 4. The van der Waals surface area contributed by atoms with Crippen molar-refractivity contribution < 1.29 is 23.9 Å². The zero-order valence-electron chi connectivity index (χ0n) is 17.8. The molecule has 1 saturated heterocycles. The molecule has 2 atom stereocenters. The molecule has 1 aliphatic rings. The Hall–Kier alpha value is -3.52. The van der Waals surface area contributed by atoms with Crippen LogP contribution in [0.1, 0.15) is 40.1 Å². The summed E-state index contributed by atoms with van der Waals surface area (Å²) in [5.41, 5.74) is 2.11. The number of carbonyl (C=O) groups is 3. The molecule has 166 valence electrons. The number of aliphatic carboxylic acids is 1. The molecule has 0 spiro atoms. The van der Waals surface area contributed by atoms with E-state index in [1.807, 2.05) is 6.92 Å². The highest BCUT2D eigenvalue weighted by molar-refractivity contribution is 6.40. The molecule has 0 radical (unpaired) electrons. The predicted octanol–water partition coefficient (Wildman–Crippen LogP) is 3.31. The van der Waals surface area contributed by atoms with E-state index < -0.39 is 11.8 Å². The molecular formula is C24H24FN3O4. The number of Topliss-reactive ketones (excluding diaryl/α,β-unsaturated/α-hetero) is 1. The Morgan fingerprint density at radius 3 is 2.47 bits per heavy atom. The molecule has 2 aromatic carbocycles. The van der Waals surface area contributed by atoms with Gasteiger partial charge in [0.25, 0.3) is 11.7 Å². The largest absolute Gasteiger partial charge is 0.475 e. The number of rotatable bonds is 5. The number of aromatic amines is 1. The number of aromatic nitrogens is 1. The minimum absolute atomic E-state index is 0.0317. The van der Waals surface area contributed by atoms with Crippen LogP contribution in [0.25, 0.3) is 10.9 Å². The number of amides is 1. The van der Waals surface area contributed by atoms with Gasteiger partial charge in [0.05, 0.1) is 5.56 Å². The maximum Gasteiger partial charge on any atom is 0.377 e. The van der Waals surface area contributed by atoms with E-state index in [4.69, 9.17) is 5.11 Å². The third kappa shape index (κ3) is 4.13. The van der Waals surface area contributed by atoms with Gasteiger partial charge >= 0.3 is 5.97 Å². The van der Waals surface area contributed by atoms with Gasteiger partial charge in [-0.3, -0.25) is 14.5 Å². The highest BCUT2D eigenvalue weighted by Gasteiger charge is 2.33. The fourth-order valence-corrected chi connectivity index (χ4v) is 4.24. The highest BCUT2D eigenvalue weighted by Crippen LogP contribution is 2.25. The topological polar surface area (TPSA) is 93.7 Å². The van der Waals surface area contributed by atoms with Crippen molar-refractivity contribution in [3.8, 4) is 0 Å². The fraction of sp³-hybridized carbons (Fsp3) is 0.292. The number of fused-ring (bicyclic) bond motifs is 1. The molecule has 1 fully saturated rings. The monoisotopic (exact) mass is 437 g/mol. The van der Waals surface area contributed by atoms with Gasteiger partial charge in [-0.05, 0) is 49.7 Å². The van der Waals surface area contributed by atoms with Gasteiger partial charge in [-0.15, -0.1) is 0 Å². The normalized spacial score (nSPS) is 19.3. The van der Waals surface area contributed by atoms with Crippen LogP contribution in [-0.4, -0.2) is 62.7 Å². The zero-order chi connectivity index (χ0) is 23.0. The quantitative estimate of drug-likeness (QED) is 0.472. The smallest absolute Gasteiger partial charge is 0.377 e. The van der Waals surface area contributed by atoms with Crippen molar-refractivity contribution in [1.29, 1.82) is 0 Å². The van der Waals surface area contributed by atoms with E-state index >= 15 is 0 Å². The number of piperazine rings is 1. The Morgan fingerprint density at radius 2 is 1.78 bits per heavy atom. The molecule has 7 nitrogen and oxygen atoms in total. The van der Waals surface area contributed by atoms with Gasteiger partial charge in [-0.25, -0.2) is 9.18 Å². The van der Waals surface area contributed by atoms with E-state index in [0.29, 0.717) is 36.1 Å². The summed E-state index contributed by atoms with van der Waals surface area (Å²) in [4.78, 5) is 43.4. The number of benzene rings is 2. The van der Waals surface area contributed by atoms with E-state index in [1.54, 1.807) is 29.3 Å². The Balaban J connectivity index is 1.54. The number of carboxylic acid groups (broad SMARTS) is 1. The standard InChI is InChI=1S/C24H24FN3O4/c1-14-12-28(15(2)11-27(14)13-16-3-6-18(25)7-4-16)23(30)20-10-26-21-8-5-17(9-19(20)21)22(29)24(31)32/h3-10,14-15,26H,11-13H2,1-2H3,(H,31,32)/t14-,15+/m0/s1. The van der Waals surface area contributed by atoms with E-state index in [1.165, 1.54) is 24.3 Å². The molecule has 2 heterocycles. The van der Waals surface area contributed by atoms with Gasteiger partial charge in [-0.2, -0.15) is 0 Å². The summed E-state index contributed by atoms with van der Waals surface area (Å²) in [7, 11) is 0. The molecule has 8 heteroatoms. The van der Waals surface area contributed by atoms with E-state index in [9.17, 15) is 18.8 Å². The number of hydrogen-bond donors (Lipinski definition) is 2. The average molecular weight is 437 g/mol. The highest BCUT2D eigenvalue weighted by atomic mass is 19.1. The number of nitrogens with one attached hydrogen (secondary N) is 1. The van der Waals surface area contributed by atoms with E-state index in [-0.39, 0.29) is 29.4 Å². The van der Waals surface area contributed by atoms with E-state index in [2.05, 4.69) is 16.8 Å². The lowest BCUT2D eigenvalue weighted by Gasteiger charge is -2.44. The van der Waals surface area contributed by atoms with Crippen LogP contribution < -0.4 is 0 Å². The molecule has 0 bridgehead atoms. The Bertz CT molecular complexity index is 1190. The first-order valence-corrected chi connectivity index (χ1v) is 10.4. The first-order chi connectivity index (χ1) is 15.2. The summed E-state index contributed by atoms with van der Waals surface area (Å²) in [5, 5.41) is 9.52. The van der Waals surface area contributed by atoms with Crippen molar-refractivity contribution >= 4 is 28.6 Å². The molecule has 4 rings (SSSR count). The van der Waals surface area contributed by atoms with Crippen molar-refractivity contribution in [3.05, 3.63) is 71.2 Å². The molecule has 2 N–H and O–H groups in total. The molecule has 1 aromatic heterocycles. The molecule has 0 aliphatic carbocycles. The predicted molar refractivity (Wildman–Crippen MR) is 117 cm³/mol. The van der Waals surface area contributed by atoms with Crippen LogP contribution in [0.3, 0.4) is 0 Å². The van der Waals surface area contributed by atoms with Crippen LogP contribution in [0.5, 0.6) is 0 Å². The summed E-state index contributed by atoms with van der Waals surface area (Å²) >= 11 is 0. The number of ketones is 1. The number of nitrogens with zero attached hydrogens (tertiary/aromatic N) is 2.